The van der Waals surface area contributed by atoms with Crippen LogP contribution in [0.25, 0.3) is 11.3 Å². The number of likely N-dealkylation sites (tertiary alicyclic amines) is 1. The summed E-state index contributed by atoms with van der Waals surface area (Å²) in [7, 11) is 1.61. The summed E-state index contributed by atoms with van der Waals surface area (Å²) in [6, 6.07) is 9.38. The van der Waals surface area contributed by atoms with Gasteiger partial charge in [0.25, 0.3) is 5.91 Å². The summed E-state index contributed by atoms with van der Waals surface area (Å²) in [5, 5.41) is 7.03. The van der Waals surface area contributed by atoms with Crippen LogP contribution < -0.4 is 5.73 Å². The van der Waals surface area contributed by atoms with Gasteiger partial charge < -0.3 is 15.4 Å². The molecule has 7 heteroatoms. The zero-order valence-corrected chi connectivity index (χ0v) is 13.7. The normalized spacial score (nSPS) is 21.3. The van der Waals surface area contributed by atoms with Crippen LogP contribution in [0.15, 0.2) is 34.8 Å². The van der Waals surface area contributed by atoms with Gasteiger partial charge in [-0.25, -0.2) is 0 Å². The molecule has 1 saturated heterocycles. The molecule has 3 N–H and O–H groups in total. The quantitative estimate of drug-likeness (QED) is 0.866. The van der Waals surface area contributed by atoms with Crippen molar-refractivity contribution in [2.45, 2.75) is 12.1 Å². The molecule has 0 aliphatic carbocycles. The Morgan fingerprint density at radius 2 is 2.14 bits per heavy atom. The summed E-state index contributed by atoms with van der Waals surface area (Å²) < 4.78 is 6.28. The fourth-order valence-corrected chi connectivity index (χ4v) is 2.85. The van der Waals surface area contributed by atoms with E-state index in [1.807, 2.05) is 24.3 Å². The van der Waals surface area contributed by atoms with Gasteiger partial charge in [0.15, 0.2) is 0 Å². The smallest absolute Gasteiger partial charge is 0.272 e. The number of halogens is 1. The van der Waals surface area contributed by atoms with E-state index in [-0.39, 0.29) is 18.1 Å². The molecule has 1 aromatic carbocycles. The largest absolute Gasteiger partial charge is 0.378 e. The van der Waals surface area contributed by atoms with E-state index < -0.39 is 0 Å². The molecule has 2 atom stereocenters. The second-order valence-electron chi connectivity index (χ2n) is 5.32. The van der Waals surface area contributed by atoms with Gasteiger partial charge in [-0.05, 0) is 18.2 Å². The maximum atomic E-state index is 12.5. The number of hydrogen-bond donors (Lipinski definition) is 2. The Morgan fingerprint density at radius 1 is 1.41 bits per heavy atom. The lowest BCUT2D eigenvalue weighted by molar-refractivity contribution is 0.0712. The van der Waals surface area contributed by atoms with Gasteiger partial charge in [-0.3, -0.25) is 9.89 Å². The van der Waals surface area contributed by atoms with E-state index in [0.29, 0.717) is 18.8 Å². The molecule has 116 valence electrons. The Morgan fingerprint density at radius 3 is 2.77 bits per heavy atom. The van der Waals surface area contributed by atoms with Crippen molar-refractivity contribution in [3.8, 4) is 11.3 Å². The zero-order valence-electron chi connectivity index (χ0n) is 12.1. The zero-order chi connectivity index (χ0) is 15.7. The Hall–Kier alpha value is -1.70. The predicted molar refractivity (Wildman–Crippen MR) is 86.4 cm³/mol. The van der Waals surface area contributed by atoms with Crippen LogP contribution in [0.4, 0.5) is 0 Å². The van der Waals surface area contributed by atoms with E-state index in [0.717, 1.165) is 15.7 Å². The van der Waals surface area contributed by atoms with Crippen LogP contribution in [0.5, 0.6) is 0 Å². The number of carbonyl (C=O) groups excluding carboxylic acids is 1. The number of aromatic amines is 1. The summed E-state index contributed by atoms with van der Waals surface area (Å²) in [4.78, 5) is 14.2. The van der Waals surface area contributed by atoms with Crippen LogP contribution in [-0.4, -0.2) is 53.3 Å². The maximum Gasteiger partial charge on any atom is 0.272 e. The van der Waals surface area contributed by atoms with Crippen molar-refractivity contribution >= 4 is 21.8 Å². The number of amides is 1. The van der Waals surface area contributed by atoms with Gasteiger partial charge in [-0.15, -0.1) is 0 Å². The van der Waals surface area contributed by atoms with Crippen molar-refractivity contribution in [1.29, 1.82) is 0 Å². The number of nitrogens with two attached hydrogens (primary N) is 1. The molecule has 6 nitrogen and oxygen atoms in total. The number of nitrogens with zero attached hydrogens (tertiary/aromatic N) is 2. The number of benzene rings is 1. The summed E-state index contributed by atoms with van der Waals surface area (Å²) in [5.74, 6) is -0.106. The number of methoxy groups -OCH3 is 1. The number of aromatic nitrogens is 2. The molecule has 0 unspecified atom stereocenters. The molecule has 1 aliphatic rings. The van der Waals surface area contributed by atoms with Crippen LogP contribution in [0.2, 0.25) is 0 Å². The van der Waals surface area contributed by atoms with Crippen LogP contribution in [0.3, 0.4) is 0 Å². The first-order valence-electron chi connectivity index (χ1n) is 6.97. The number of rotatable bonds is 3. The van der Waals surface area contributed by atoms with E-state index in [1.165, 1.54) is 0 Å². The summed E-state index contributed by atoms with van der Waals surface area (Å²) in [6.45, 7) is 0.993. The fourth-order valence-electron chi connectivity index (χ4n) is 2.58. The highest BCUT2D eigenvalue weighted by atomic mass is 79.9. The Labute approximate surface area is 136 Å². The lowest BCUT2D eigenvalue weighted by Gasteiger charge is -2.14. The van der Waals surface area contributed by atoms with E-state index in [2.05, 4.69) is 26.1 Å². The van der Waals surface area contributed by atoms with Gasteiger partial charge in [-0.2, -0.15) is 5.10 Å². The van der Waals surface area contributed by atoms with Gasteiger partial charge >= 0.3 is 0 Å². The van der Waals surface area contributed by atoms with Crippen LogP contribution in [-0.2, 0) is 4.74 Å². The molecular formula is C15H17BrN4O2. The number of H-pyrrole nitrogens is 1. The average Bonchev–Trinajstić information content (AvgIpc) is 3.14. The average molecular weight is 365 g/mol. The van der Waals surface area contributed by atoms with Crippen molar-refractivity contribution < 1.29 is 9.53 Å². The molecule has 3 rings (SSSR count). The third-order valence-electron chi connectivity index (χ3n) is 3.85. The van der Waals surface area contributed by atoms with Gasteiger partial charge in [0, 0.05) is 30.2 Å². The van der Waals surface area contributed by atoms with Gasteiger partial charge in [0.2, 0.25) is 0 Å². The Bertz CT molecular complexity index is 670. The SMILES string of the molecule is CO[C@@H]1CN(C(=O)c2cc(-c3ccc(Br)cc3)n[nH]2)C[C@H]1N. The van der Waals surface area contributed by atoms with Gasteiger partial charge in [0.1, 0.15) is 5.69 Å². The van der Waals surface area contributed by atoms with Gasteiger partial charge in [0.05, 0.1) is 17.8 Å². The second kappa shape index (κ2) is 6.20. The molecule has 0 radical (unpaired) electrons. The molecule has 1 amide bonds. The third kappa shape index (κ3) is 2.92. The molecule has 2 heterocycles. The third-order valence-corrected chi connectivity index (χ3v) is 4.38. The maximum absolute atomic E-state index is 12.5. The second-order valence-corrected chi connectivity index (χ2v) is 6.24. The molecule has 22 heavy (non-hydrogen) atoms. The van der Waals surface area contributed by atoms with E-state index in [4.69, 9.17) is 10.5 Å². The first kappa shape index (κ1) is 15.2. The lowest BCUT2D eigenvalue weighted by Crippen LogP contribution is -2.34. The molecule has 1 aromatic heterocycles. The van der Waals surface area contributed by atoms with Crippen LogP contribution >= 0.6 is 15.9 Å². The summed E-state index contributed by atoms with van der Waals surface area (Å²) in [5.41, 5.74) is 8.11. The van der Waals surface area contributed by atoms with Gasteiger partial charge in [-0.1, -0.05) is 28.1 Å². The standard InChI is InChI=1S/C15H17BrN4O2/c1-22-14-8-20(7-11(14)17)15(21)13-6-12(18-19-13)9-2-4-10(16)5-3-9/h2-6,11,14H,7-8,17H2,1H3,(H,18,19)/t11-,14-/m1/s1. The first-order valence-corrected chi connectivity index (χ1v) is 7.77. The monoisotopic (exact) mass is 364 g/mol. The Kier molecular flexibility index (Phi) is 4.28. The van der Waals surface area contributed by atoms with Crippen LogP contribution in [0.1, 0.15) is 10.5 Å². The molecule has 2 aromatic rings. The molecule has 0 bridgehead atoms. The minimum absolute atomic E-state index is 0.106. The molecular weight excluding hydrogens is 348 g/mol. The Balaban J connectivity index is 1.76. The molecule has 1 aliphatic heterocycles. The number of ether oxygens (including phenoxy) is 1. The number of nitrogens with one attached hydrogen (secondary N) is 1. The topological polar surface area (TPSA) is 84.2 Å². The minimum atomic E-state index is -0.150. The molecule has 1 fully saturated rings. The summed E-state index contributed by atoms with van der Waals surface area (Å²) in [6.07, 6.45) is -0.113. The molecule has 0 saturated carbocycles. The predicted octanol–water partition coefficient (Wildman–Crippen LogP) is 1.64. The van der Waals surface area contributed by atoms with E-state index >= 15 is 0 Å². The highest BCUT2D eigenvalue weighted by Gasteiger charge is 2.33. The van der Waals surface area contributed by atoms with Crippen molar-refractivity contribution in [2.75, 3.05) is 20.2 Å². The van der Waals surface area contributed by atoms with Crippen molar-refractivity contribution in [2.24, 2.45) is 5.73 Å². The molecule has 0 spiro atoms. The van der Waals surface area contributed by atoms with E-state index in [9.17, 15) is 4.79 Å². The first-order chi connectivity index (χ1) is 10.6. The highest BCUT2D eigenvalue weighted by molar-refractivity contribution is 9.10. The van der Waals surface area contributed by atoms with Crippen LogP contribution in [0, 0.1) is 0 Å². The van der Waals surface area contributed by atoms with E-state index in [1.54, 1.807) is 18.1 Å². The lowest BCUT2D eigenvalue weighted by atomic mass is 10.1. The summed E-state index contributed by atoms with van der Waals surface area (Å²) >= 11 is 3.40. The van der Waals surface area contributed by atoms with Crippen molar-refractivity contribution in [1.82, 2.24) is 15.1 Å². The number of hydrogen-bond acceptors (Lipinski definition) is 4. The fraction of sp³-hybridized carbons (Fsp3) is 0.333. The van der Waals surface area contributed by atoms with Crippen molar-refractivity contribution in [3.05, 3.63) is 40.5 Å². The van der Waals surface area contributed by atoms with Crippen molar-refractivity contribution in [3.63, 3.8) is 0 Å². The number of carbonyl (C=O) groups is 1. The minimum Gasteiger partial charge on any atom is -0.378 e. The highest BCUT2D eigenvalue weighted by Crippen LogP contribution is 2.22.